The van der Waals surface area contributed by atoms with Gasteiger partial charge in [0, 0.05) is 17.6 Å². The van der Waals surface area contributed by atoms with E-state index in [2.05, 4.69) is 15.9 Å². The predicted molar refractivity (Wildman–Crippen MR) is 67.5 cm³/mol. The van der Waals surface area contributed by atoms with E-state index in [-0.39, 0.29) is 24.3 Å². The van der Waals surface area contributed by atoms with Gasteiger partial charge in [0.05, 0.1) is 0 Å². The Hall–Kier alpha value is -1.10. The fourth-order valence-electron chi connectivity index (χ4n) is 1.12. The summed E-state index contributed by atoms with van der Waals surface area (Å²) in [5.41, 5.74) is 0. The first-order chi connectivity index (χ1) is 7.91. The lowest BCUT2D eigenvalue weighted by Gasteiger charge is -2.21. The average molecular weight is 304 g/mol. The zero-order valence-corrected chi connectivity index (χ0v) is 11.6. The van der Waals surface area contributed by atoms with Crippen LogP contribution in [0, 0.1) is 5.82 Å². The fraction of sp³-hybridized carbons (Fsp3) is 0.417. The fourth-order valence-corrected chi connectivity index (χ4v) is 1.45. The van der Waals surface area contributed by atoms with Crippen LogP contribution in [0.4, 0.5) is 4.39 Å². The standard InChI is InChI=1S/C12H15BrFNO2/c1-8(2)15(3)12(16)7-17-11-5-4-9(13)6-10(11)14/h4-6,8H,7H2,1-3H3. The van der Waals surface area contributed by atoms with Gasteiger partial charge in [-0.05, 0) is 32.0 Å². The van der Waals surface area contributed by atoms with Crippen molar-refractivity contribution in [3.05, 3.63) is 28.5 Å². The summed E-state index contributed by atoms with van der Waals surface area (Å²) < 4.78 is 19.2. The van der Waals surface area contributed by atoms with Crippen LogP contribution in [0.5, 0.6) is 5.75 Å². The van der Waals surface area contributed by atoms with Gasteiger partial charge in [-0.25, -0.2) is 4.39 Å². The van der Waals surface area contributed by atoms with Crippen molar-refractivity contribution >= 4 is 21.8 Å². The summed E-state index contributed by atoms with van der Waals surface area (Å²) >= 11 is 3.15. The van der Waals surface area contributed by atoms with Gasteiger partial charge < -0.3 is 9.64 Å². The van der Waals surface area contributed by atoms with Crippen LogP contribution < -0.4 is 4.74 Å². The highest BCUT2D eigenvalue weighted by atomic mass is 79.9. The van der Waals surface area contributed by atoms with E-state index >= 15 is 0 Å². The van der Waals surface area contributed by atoms with E-state index in [1.54, 1.807) is 18.0 Å². The molecule has 0 unspecified atom stereocenters. The molecule has 1 rings (SSSR count). The van der Waals surface area contributed by atoms with E-state index in [4.69, 9.17) is 4.74 Å². The molecule has 1 amide bonds. The smallest absolute Gasteiger partial charge is 0.260 e. The van der Waals surface area contributed by atoms with Crippen LogP contribution in [0.1, 0.15) is 13.8 Å². The van der Waals surface area contributed by atoms with Gasteiger partial charge in [-0.15, -0.1) is 0 Å². The second kappa shape index (κ2) is 6.00. The molecule has 5 heteroatoms. The van der Waals surface area contributed by atoms with Crippen molar-refractivity contribution in [1.29, 1.82) is 0 Å². The molecule has 0 bridgehead atoms. The average Bonchev–Trinajstić information content (AvgIpc) is 2.26. The Morgan fingerprint density at radius 1 is 1.53 bits per heavy atom. The monoisotopic (exact) mass is 303 g/mol. The minimum Gasteiger partial charge on any atom is -0.481 e. The third kappa shape index (κ3) is 4.00. The number of carbonyl (C=O) groups excluding carboxylic acids is 1. The normalized spacial score (nSPS) is 10.5. The summed E-state index contributed by atoms with van der Waals surface area (Å²) in [6.45, 7) is 3.64. The molecule has 0 spiro atoms. The number of amides is 1. The molecule has 0 heterocycles. The summed E-state index contributed by atoms with van der Waals surface area (Å²) in [6, 6.07) is 4.55. The van der Waals surface area contributed by atoms with E-state index in [0.29, 0.717) is 4.47 Å². The number of benzene rings is 1. The minimum absolute atomic E-state index is 0.0821. The zero-order valence-electron chi connectivity index (χ0n) is 10.0. The molecule has 17 heavy (non-hydrogen) atoms. The highest BCUT2D eigenvalue weighted by Crippen LogP contribution is 2.21. The number of likely N-dealkylation sites (N-methyl/N-ethyl adjacent to an activating group) is 1. The molecule has 0 aliphatic heterocycles. The van der Waals surface area contributed by atoms with Gasteiger partial charge in [0.25, 0.3) is 5.91 Å². The number of ether oxygens (including phenoxy) is 1. The molecule has 0 saturated heterocycles. The third-order valence-corrected chi connectivity index (χ3v) is 2.91. The largest absolute Gasteiger partial charge is 0.481 e. The SMILES string of the molecule is CC(C)N(C)C(=O)COc1ccc(Br)cc1F. The minimum atomic E-state index is -0.487. The van der Waals surface area contributed by atoms with Gasteiger partial charge in [0.1, 0.15) is 0 Å². The number of carbonyl (C=O) groups is 1. The van der Waals surface area contributed by atoms with Crippen molar-refractivity contribution in [1.82, 2.24) is 4.90 Å². The predicted octanol–water partition coefficient (Wildman–Crippen LogP) is 2.83. The first kappa shape index (κ1) is 14.0. The molecule has 1 aromatic rings. The first-order valence-electron chi connectivity index (χ1n) is 5.25. The molecular weight excluding hydrogens is 289 g/mol. The summed E-state index contributed by atoms with van der Waals surface area (Å²) in [5.74, 6) is -0.583. The first-order valence-corrected chi connectivity index (χ1v) is 6.04. The quantitative estimate of drug-likeness (QED) is 0.856. The van der Waals surface area contributed by atoms with Crippen LogP contribution in [0.25, 0.3) is 0 Å². The Balaban J connectivity index is 2.59. The van der Waals surface area contributed by atoms with Gasteiger partial charge in [0.15, 0.2) is 18.2 Å². The Kier molecular flexibility index (Phi) is 4.93. The summed E-state index contributed by atoms with van der Waals surface area (Å²) in [5, 5.41) is 0. The van der Waals surface area contributed by atoms with Crippen LogP contribution in [0.2, 0.25) is 0 Å². The second-order valence-electron chi connectivity index (χ2n) is 3.96. The van der Waals surface area contributed by atoms with E-state index in [1.807, 2.05) is 13.8 Å². The molecule has 0 radical (unpaired) electrons. The topological polar surface area (TPSA) is 29.5 Å². The number of halogens is 2. The van der Waals surface area contributed by atoms with Crippen molar-refractivity contribution < 1.29 is 13.9 Å². The van der Waals surface area contributed by atoms with Crippen LogP contribution in [-0.2, 0) is 4.79 Å². The van der Waals surface area contributed by atoms with Gasteiger partial charge in [-0.1, -0.05) is 15.9 Å². The molecule has 0 atom stereocenters. The maximum Gasteiger partial charge on any atom is 0.260 e. The van der Waals surface area contributed by atoms with Crippen LogP contribution in [0.15, 0.2) is 22.7 Å². The van der Waals surface area contributed by atoms with Crippen LogP contribution in [0.3, 0.4) is 0 Å². The zero-order chi connectivity index (χ0) is 13.0. The molecule has 0 aliphatic carbocycles. The number of hydrogen-bond acceptors (Lipinski definition) is 2. The summed E-state index contributed by atoms with van der Waals surface area (Å²) in [6.07, 6.45) is 0. The maximum absolute atomic E-state index is 13.4. The Morgan fingerprint density at radius 3 is 2.71 bits per heavy atom. The molecule has 0 aliphatic rings. The van der Waals surface area contributed by atoms with Crippen molar-refractivity contribution in [3.8, 4) is 5.75 Å². The van der Waals surface area contributed by atoms with Crippen molar-refractivity contribution in [2.24, 2.45) is 0 Å². The third-order valence-electron chi connectivity index (χ3n) is 2.41. The lowest BCUT2D eigenvalue weighted by molar-refractivity contribution is -0.133. The molecule has 94 valence electrons. The highest BCUT2D eigenvalue weighted by Gasteiger charge is 2.13. The Bertz CT molecular complexity index is 409. The lowest BCUT2D eigenvalue weighted by Crippen LogP contribution is -2.36. The number of hydrogen-bond donors (Lipinski definition) is 0. The number of rotatable bonds is 4. The Labute approximate surface area is 109 Å². The van der Waals surface area contributed by atoms with Crippen molar-refractivity contribution in [2.45, 2.75) is 19.9 Å². The summed E-state index contributed by atoms with van der Waals surface area (Å²) in [4.78, 5) is 13.2. The van der Waals surface area contributed by atoms with Gasteiger partial charge >= 0.3 is 0 Å². The van der Waals surface area contributed by atoms with E-state index in [9.17, 15) is 9.18 Å². The van der Waals surface area contributed by atoms with E-state index in [0.717, 1.165) is 0 Å². The van der Waals surface area contributed by atoms with E-state index < -0.39 is 5.82 Å². The molecule has 1 aromatic carbocycles. The second-order valence-corrected chi connectivity index (χ2v) is 4.88. The van der Waals surface area contributed by atoms with Gasteiger partial charge in [-0.2, -0.15) is 0 Å². The molecule has 3 nitrogen and oxygen atoms in total. The highest BCUT2D eigenvalue weighted by molar-refractivity contribution is 9.10. The van der Waals surface area contributed by atoms with Gasteiger partial charge in [0.2, 0.25) is 0 Å². The van der Waals surface area contributed by atoms with Crippen LogP contribution in [-0.4, -0.2) is 30.5 Å². The summed E-state index contributed by atoms with van der Waals surface area (Å²) in [7, 11) is 1.69. The molecular formula is C12H15BrFNO2. The van der Waals surface area contributed by atoms with Gasteiger partial charge in [-0.3, -0.25) is 4.79 Å². The lowest BCUT2D eigenvalue weighted by atomic mass is 10.3. The molecule has 0 N–H and O–H groups in total. The molecule has 0 aromatic heterocycles. The van der Waals surface area contributed by atoms with E-state index in [1.165, 1.54) is 12.1 Å². The Morgan fingerprint density at radius 2 is 2.18 bits per heavy atom. The number of nitrogens with zero attached hydrogens (tertiary/aromatic N) is 1. The molecule has 0 saturated carbocycles. The molecule has 0 fully saturated rings. The van der Waals surface area contributed by atoms with Crippen LogP contribution >= 0.6 is 15.9 Å². The van der Waals surface area contributed by atoms with Crippen molar-refractivity contribution in [2.75, 3.05) is 13.7 Å². The van der Waals surface area contributed by atoms with Crippen molar-refractivity contribution in [3.63, 3.8) is 0 Å². The maximum atomic E-state index is 13.4.